The van der Waals surface area contributed by atoms with Gasteiger partial charge in [-0.05, 0) is 53.0 Å². The number of amides is 2. The van der Waals surface area contributed by atoms with E-state index >= 15 is 0 Å². The Morgan fingerprint density at radius 2 is 2.00 bits per heavy atom. The SMILES string of the molecule is CCC(C(=O)NC)N(Cc1cccc(C)c1)C(=O)COc1ccc(Cl)cc1Br. The highest BCUT2D eigenvalue weighted by atomic mass is 79.9. The molecule has 1 N–H and O–H groups in total. The first kappa shape index (κ1) is 22.2. The van der Waals surface area contributed by atoms with Gasteiger partial charge in [-0.3, -0.25) is 9.59 Å². The van der Waals surface area contributed by atoms with Crippen molar-refractivity contribution >= 4 is 39.3 Å². The van der Waals surface area contributed by atoms with E-state index in [1.165, 1.54) is 0 Å². The summed E-state index contributed by atoms with van der Waals surface area (Å²) in [6, 6.07) is 12.4. The van der Waals surface area contributed by atoms with Crippen LogP contribution in [-0.2, 0) is 16.1 Å². The first-order chi connectivity index (χ1) is 13.3. The molecule has 0 bridgehead atoms. The number of nitrogens with zero attached hydrogens (tertiary/aromatic N) is 1. The molecular weight excluding hydrogens is 444 g/mol. The lowest BCUT2D eigenvalue weighted by molar-refractivity contribution is -0.142. The molecule has 1 atom stereocenters. The zero-order chi connectivity index (χ0) is 20.7. The number of benzene rings is 2. The molecule has 0 saturated heterocycles. The van der Waals surface area contributed by atoms with Crippen molar-refractivity contribution in [1.82, 2.24) is 10.2 Å². The van der Waals surface area contributed by atoms with Crippen LogP contribution in [0.5, 0.6) is 5.75 Å². The highest BCUT2D eigenvalue weighted by Gasteiger charge is 2.28. The molecule has 0 fully saturated rings. The Bertz CT molecular complexity index is 844. The quantitative estimate of drug-likeness (QED) is 0.628. The lowest BCUT2D eigenvalue weighted by atomic mass is 10.1. The third-order valence-corrected chi connectivity index (χ3v) is 5.17. The number of halogens is 2. The van der Waals surface area contributed by atoms with Crippen LogP contribution >= 0.6 is 27.5 Å². The van der Waals surface area contributed by atoms with Crippen LogP contribution in [0.3, 0.4) is 0 Å². The van der Waals surface area contributed by atoms with Crippen molar-refractivity contribution in [3.63, 3.8) is 0 Å². The molecular formula is C21H24BrClN2O3. The number of ether oxygens (including phenoxy) is 1. The molecule has 2 aromatic carbocycles. The van der Waals surface area contributed by atoms with Gasteiger partial charge in [0.1, 0.15) is 11.8 Å². The average molecular weight is 468 g/mol. The number of nitrogens with one attached hydrogen (secondary N) is 1. The molecule has 2 rings (SSSR count). The molecule has 0 spiro atoms. The minimum absolute atomic E-state index is 0.181. The van der Waals surface area contributed by atoms with E-state index in [1.807, 2.05) is 38.1 Å². The summed E-state index contributed by atoms with van der Waals surface area (Å²) in [5.74, 6) is 0.0521. The van der Waals surface area contributed by atoms with Crippen molar-refractivity contribution < 1.29 is 14.3 Å². The highest BCUT2D eigenvalue weighted by Crippen LogP contribution is 2.28. The molecule has 0 aliphatic heterocycles. The average Bonchev–Trinajstić information content (AvgIpc) is 2.66. The van der Waals surface area contributed by atoms with E-state index in [0.717, 1.165) is 11.1 Å². The predicted octanol–water partition coefficient (Wildman–Crippen LogP) is 4.34. The molecule has 150 valence electrons. The van der Waals surface area contributed by atoms with Gasteiger partial charge in [0.15, 0.2) is 6.61 Å². The molecule has 1 unspecified atom stereocenters. The van der Waals surface area contributed by atoms with Crippen molar-refractivity contribution in [2.45, 2.75) is 32.9 Å². The maximum atomic E-state index is 13.0. The lowest BCUT2D eigenvalue weighted by Gasteiger charge is -2.30. The predicted molar refractivity (Wildman–Crippen MR) is 115 cm³/mol. The number of carbonyl (C=O) groups is 2. The number of hydrogen-bond acceptors (Lipinski definition) is 3. The van der Waals surface area contributed by atoms with Gasteiger partial charge in [0, 0.05) is 18.6 Å². The summed E-state index contributed by atoms with van der Waals surface area (Å²) < 4.78 is 6.34. The first-order valence-corrected chi connectivity index (χ1v) is 10.2. The van der Waals surface area contributed by atoms with E-state index in [4.69, 9.17) is 16.3 Å². The molecule has 0 heterocycles. The fraction of sp³-hybridized carbons (Fsp3) is 0.333. The number of rotatable bonds is 8. The van der Waals surface area contributed by atoms with E-state index in [9.17, 15) is 9.59 Å². The summed E-state index contributed by atoms with van der Waals surface area (Å²) in [5, 5.41) is 3.21. The van der Waals surface area contributed by atoms with Gasteiger partial charge in [0.05, 0.1) is 4.47 Å². The number of likely N-dealkylation sites (N-methyl/N-ethyl adjacent to an activating group) is 1. The second-order valence-corrected chi connectivity index (χ2v) is 7.70. The number of carbonyl (C=O) groups excluding carboxylic acids is 2. The second-order valence-electron chi connectivity index (χ2n) is 6.41. The molecule has 7 heteroatoms. The molecule has 28 heavy (non-hydrogen) atoms. The maximum Gasteiger partial charge on any atom is 0.261 e. The summed E-state index contributed by atoms with van der Waals surface area (Å²) in [5.41, 5.74) is 2.06. The van der Waals surface area contributed by atoms with Gasteiger partial charge >= 0.3 is 0 Å². The van der Waals surface area contributed by atoms with Crippen LogP contribution in [0.2, 0.25) is 5.02 Å². The maximum absolute atomic E-state index is 13.0. The summed E-state index contributed by atoms with van der Waals surface area (Å²) >= 11 is 9.31. The van der Waals surface area contributed by atoms with Gasteiger partial charge < -0.3 is 15.0 Å². The lowest BCUT2D eigenvalue weighted by Crippen LogP contribution is -2.49. The molecule has 2 amide bonds. The van der Waals surface area contributed by atoms with E-state index in [1.54, 1.807) is 30.1 Å². The topological polar surface area (TPSA) is 58.6 Å². The van der Waals surface area contributed by atoms with Gasteiger partial charge in [0.25, 0.3) is 5.91 Å². The van der Waals surface area contributed by atoms with Crippen molar-refractivity contribution in [2.75, 3.05) is 13.7 Å². The van der Waals surface area contributed by atoms with Crippen LogP contribution in [0, 0.1) is 6.92 Å². The first-order valence-electron chi connectivity index (χ1n) is 9.00. The van der Waals surface area contributed by atoms with Gasteiger partial charge in [-0.25, -0.2) is 0 Å². The smallest absolute Gasteiger partial charge is 0.261 e. The van der Waals surface area contributed by atoms with Gasteiger partial charge in [-0.15, -0.1) is 0 Å². The molecule has 0 radical (unpaired) electrons. The Kier molecular flexibility index (Phi) is 8.33. The van der Waals surface area contributed by atoms with Crippen LogP contribution in [0.25, 0.3) is 0 Å². The Labute approximate surface area is 179 Å². The normalized spacial score (nSPS) is 11.6. The second kappa shape index (κ2) is 10.5. The van der Waals surface area contributed by atoms with Gasteiger partial charge in [0.2, 0.25) is 5.91 Å². The van der Waals surface area contributed by atoms with Crippen LogP contribution in [0.15, 0.2) is 46.9 Å². The zero-order valence-corrected chi connectivity index (χ0v) is 18.5. The molecule has 0 aliphatic carbocycles. The Morgan fingerprint density at radius 3 is 2.61 bits per heavy atom. The van der Waals surface area contributed by atoms with Crippen LogP contribution < -0.4 is 10.1 Å². The molecule has 2 aromatic rings. The van der Waals surface area contributed by atoms with E-state index < -0.39 is 6.04 Å². The van der Waals surface area contributed by atoms with Crippen LogP contribution in [0.4, 0.5) is 0 Å². The van der Waals surface area contributed by atoms with Crippen LogP contribution in [0.1, 0.15) is 24.5 Å². The fourth-order valence-corrected chi connectivity index (χ4v) is 3.71. The van der Waals surface area contributed by atoms with Crippen molar-refractivity contribution in [3.05, 3.63) is 63.1 Å². The third-order valence-electron chi connectivity index (χ3n) is 4.31. The molecule has 0 saturated carbocycles. The Hall–Kier alpha value is -2.05. The summed E-state index contributed by atoms with van der Waals surface area (Å²) in [4.78, 5) is 26.9. The van der Waals surface area contributed by atoms with E-state index in [2.05, 4.69) is 21.2 Å². The highest BCUT2D eigenvalue weighted by molar-refractivity contribution is 9.10. The van der Waals surface area contributed by atoms with Gasteiger partial charge in [-0.1, -0.05) is 48.4 Å². The minimum atomic E-state index is -0.574. The Morgan fingerprint density at radius 1 is 1.25 bits per heavy atom. The largest absolute Gasteiger partial charge is 0.483 e. The van der Waals surface area contributed by atoms with Crippen molar-refractivity contribution in [1.29, 1.82) is 0 Å². The van der Waals surface area contributed by atoms with Crippen molar-refractivity contribution in [3.8, 4) is 5.75 Å². The van der Waals surface area contributed by atoms with Crippen LogP contribution in [-0.4, -0.2) is 36.4 Å². The monoisotopic (exact) mass is 466 g/mol. The minimum Gasteiger partial charge on any atom is -0.483 e. The summed E-state index contributed by atoms with van der Waals surface area (Å²) in [7, 11) is 1.57. The fourth-order valence-electron chi connectivity index (χ4n) is 2.91. The van der Waals surface area contributed by atoms with Crippen molar-refractivity contribution in [2.24, 2.45) is 0 Å². The Balaban J connectivity index is 2.21. The molecule has 0 aliphatic rings. The number of hydrogen-bond donors (Lipinski definition) is 1. The standard InChI is InChI=1S/C21H24BrClN2O3/c1-4-18(21(27)24-3)25(12-15-7-5-6-14(2)10-15)20(26)13-28-19-9-8-16(23)11-17(19)22/h5-11,18H,4,12-13H2,1-3H3,(H,24,27). The number of aryl methyl sites for hydroxylation is 1. The third kappa shape index (κ3) is 5.97. The van der Waals surface area contributed by atoms with E-state index in [0.29, 0.717) is 28.2 Å². The zero-order valence-electron chi connectivity index (χ0n) is 16.2. The summed E-state index contributed by atoms with van der Waals surface area (Å²) in [6.07, 6.45) is 0.502. The summed E-state index contributed by atoms with van der Waals surface area (Å²) in [6.45, 7) is 4.02. The van der Waals surface area contributed by atoms with E-state index in [-0.39, 0.29) is 18.4 Å². The molecule has 5 nitrogen and oxygen atoms in total. The van der Waals surface area contributed by atoms with Gasteiger partial charge in [-0.2, -0.15) is 0 Å². The molecule has 0 aromatic heterocycles.